The highest BCUT2D eigenvalue weighted by Crippen LogP contribution is 2.37. The monoisotopic (exact) mass is 405 g/mol. The molecular formula is C20H28ClN5O2. The molecule has 0 aliphatic heterocycles. The first-order chi connectivity index (χ1) is 13.4. The highest BCUT2D eigenvalue weighted by atomic mass is 35.5. The molecule has 8 heteroatoms. The average molecular weight is 406 g/mol. The number of nitrogens with one attached hydrogen (secondary N) is 1. The lowest BCUT2D eigenvalue weighted by Crippen LogP contribution is -2.31. The molecule has 1 aliphatic rings. The van der Waals surface area contributed by atoms with Crippen LogP contribution >= 0.6 is 11.6 Å². The largest absolute Gasteiger partial charge is 0.496 e. The number of pyridine rings is 1. The number of ether oxygens (including phenoxy) is 1. The number of nitrogens with zero attached hydrogens (tertiary/aromatic N) is 3. The van der Waals surface area contributed by atoms with E-state index in [2.05, 4.69) is 22.3 Å². The smallest absolute Gasteiger partial charge is 0.273 e. The van der Waals surface area contributed by atoms with Gasteiger partial charge < -0.3 is 15.8 Å². The van der Waals surface area contributed by atoms with Crippen LogP contribution in [0.3, 0.4) is 0 Å². The van der Waals surface area contributed by atoms with Crippen molar-refractivity contribution in [3.05, 3.63) is 23.0 Å². The van der Waals surface area contributed by atoms with E-state index in [1.54, 1.807) is 24.1 Å². The number of halogens is 1. The molecular weight excluding hydrogens is 378 g/mol. The summed E-state index contributed by atoms with van der Waals surface area (Å²) >= 11 is 6.59. The molecule has 0 atom stereocenters. The van der Waals surface area contributed by atoms with Crippen molar-refractivity contribution < 1.29 is 9.53 Å². The standard InChI is InChI=1S/C20H28ClN5O2/c1-4-26-19(14-11-23-16(22)9-15(14)28-3)17(21)18(25-26)20(27)24-10-13-7-5-12(2)6-8-13/h9,11-13H,4-8,10H2,1-3H3,(H2,22,23)(H,24,27)/t12-,13-. The lowest BCUT2D eigenvalue weighted by molar-refractivity contribution is 0.0936. The number of carbonyl (C=O) groups excluding carboxylic acids is 1. The van der Waals surface area contributed by atoms with Gasteiger partial charge in [0.25, 0.3) is 5.91 Å². The van der Waals surface area contributed by atoms with Gasteiger partial charge in [-0.2, -0.15) is 5.10 Å². The molecule has 3 rings (SSSR count). The third kappa shape index (κ3) is 4.24. The molecule has 152 valence electrons. The van der Waals surface area contributed by atoms with E-state index in [0.717, 1.165) is 18.8 Å². The molecule has 0 aromatic carbocycles. The van der Waals surface area contributed by atoms with Crippen LogP contribution in [0, 0.1) is 11.8 Å². The van der Waals surface area contributed by atoms with E-state index in [9.17, 15) is 4.79 Å². The molecule has 0 radical (unpaired) electrons. The second-order valence-electron chi connectivity index (χ2n) is 7.47. The number of aromatic nitrogens is 3. The molecule has 1 aliphatic carbocycles. The molecule has 1 fully saturated rings. The van der Waals surface area contributed by atoms with Gasteiger partial charge in [0.1, 0.15) is 11.6 Å². The van der Waals surface area contributed by atoms with Gasteiger partial charge >= 0.3 is 0 Å². The zero-order valence-electron chi connectivity index (χ0n) is 16.7. The highest BCUT2D eigenvalue weighted by molar-refractivity contribution is 6.36. The minimum atomic E-state index is -0.251. The molecule has 28 heavy (non-hydrogen) atoms. The summed E-state index contributed by atoms with van der Waals surface area (Å²) in [5, 5.41) is 7.74. The minimum absolute atomic E-state index is 0.224. The van der Waals surface area contributed by atoms with Crippen molar-refractivity contribution in [1.29, 1.82) is 0 Å². The van der Waals surface area contributed by atoms with E-state index in [1.807, 2.05) is 6.92 Å². The first-order valence-electron chi connectivity index (χ1n) is 9.78. The van der Waals surface area contributed by atoms with E-state index in [0.29, 0.717) is 46.9 Å². The Labute approximate surface area is 170 Å². The van der Waals surface area contributed by atoms with Crippen LogP contribution in [0.15, 0.2) is 12.3 Å². The van der Waals surface area contributed by atoms with Crippen molar-refractivity contribution in [3.63, 3.8) is 0 Å². The molecule has 0 unspecified atom stereocenters. The average Bonchev–Trinajstić information content (AvgIpc) is 3.03. The van der Waals surface area contributed by atoms with Gasteiger partial charge in [-0.05, 0) is 31.6 Å². The van der Waals surface area contributed by atoms with Crippen molar-refractivity contribution in [1.82, 2.24) is 20.1 Å². The van der Waals surface area contributed by atoms with E-state index in [4.69, 9.17) is 22.1 Å². The summed E-state index contributed by atoms with van der Waals surface area (Å²) in [7, 11) is 1.55. The SMILES string of the molecule is CCn1nc(C(=O)NC[C@H]2CC[C@H](C)CC2)c(Cl)c1-c1cnc(N)cc1OC. The van der Waals surface area contributed by atoms with Gasteiger partial charge in [0.15, 0.2) is 5.69 Å². The van der Waals surface area contributed by atoms with Gasteiger partial charge in [0.2, 0.25) is 0 Å². The second kappa shape index (κ2) is 8.82. The Morgan fingerprint density at radius 2 is 2.11 bits per heavy atom. The van der Waals surface area contributed by atoms with Gasteiger partial charge in [-0.1, -0.05) is 31.4 Å². The Bertz CT molecular complexity index is 843. The molecule has 2 aromatic rings. The van der Waals surface area contributed by atoms with Gasteiger partial charge in [-0.15, -0.1) is 0 Å². The summed E-state index contributed by atoms with van der Waals surface area (Å²) in [4.78, 5) is 16.9. The zero-order chi connectivity index (χ0) is 20.3. The van der Waals surface area contributed by atoms with E-state index in [-0.39, 0.29) is 11.6 Å². The van der Waals surface area contributed by atoms with Crippen LogP contribution in [0.2, 0.25) is 5.02 Å². The van der Waals surface area contributed by atoms with Gasteiger partial charge in [0.05, 0.1) is 23.4 Å². The normalized spacial score (nSPS) is 19.4. The number of nitrogen functional groups attached to an aromatic ring is 1. The second-order valence-corrected chi connectivity index (χ2v) is 7.85. The Hall–Kier alpha value is -2.28. The number of hydrogen-bond acceptors (Lipinski definition) is 5. The predicted molar refractivity (Wildman–Crippen MR) is 111 cm³/mol. The van der Waals surface area contributed by atoms with Crippen LogP contribution < -0.4 is 15.8 Å². The quantitative estimate of drug-likeness (QED) is 0.762. The van der Waals surface area contributed by atoms with E-state index in [1.165, 1.54) is 12.8 Å². The number of carbonyl (C=O) groups is 1. The molecule has 7 nitrogen and oxygen atoms in total. The van der Waals surface area contributed by atoms with Crippen LogP contribution in [0.4, 0.5) is 5.82 Å². The number of amides is 1. The van der Waals surface area contributed by atoms with Gasteiger partial charge in [0, 0.05) is 25.4 Å². The number of rotatable bonds is 6. The van der Waals surface area contributed by atoms with E-state index >= 15 is 0 Å². The minimum Gasteiger partial charge on any atom is -0.496 e. The fourth-order valence-corrected chi connectivity index (χ4v) is 4.05. The summed E-state index contributed by atoms with van der Waals surface area (Å²) < 4.78 is 7.11. The summed E-state index contributed by atoms with van der Waals surface area (Å²) in [6.07, 6.45) is 6.34. The maximum atomic E-state index is 12.8. The third-order valence-electron chi connectivity index (χ3n) is 5.46. The lowest BCUT2D eigenvalue weighted by atomic mass is 9.83. The Morgan fingerprint density at radius 3 is 2.75 bits per heavy atom. The van der Waals surface area contributed by atoms with Crippen LogP contribution in [-0.2, 0) is 6.54 Å². The first kappa shape index (κ1) is 20.5. The summed E-state index contributed by atoms with van der Waals surface area (Å²) in [5.41, 5.74) is 7.23. The van der Waals surface area contributed by atoms with Gasteiger partial charge in [-0.25, -0.2) is 4.98 Å². The highest BCUT2D eigenvalue weighted by Gasteiger charge is 2.26. The zero-order valence-corrected chi connectivity index (χ0v) is 17.4. The lowest BCUT2D eigenvalue weighted by Gasteiger charge is -2.26. The molecule has 2 heterocycles. The Balaban J connectivity index is 1.83. The number of hydrogen-bond donors (Lipinski definition) is 2. The number of aryl methyl sites for hydroxylation is 1. The van der Waals surface area contributed by atoms with Crippen LogP contribution in [0.1, 0.15) is 50.0 Å². The fraction of sp³-hybridized carbons (Fsp3) is 0.550. The first-order valence-corrected chi connectivity index (χ1v) is 10.2. The Morgan fingerprint density at radius 1 is 1.39 bits per heavy atom. The number of methoxy groups -OCH3 is 1. The van der Waals surface area contributed by atoms with Crippen molar-refractivity contribution >= 4 is 23.3 Å². The van der Waals surface area contributed by atoms with E-state index < -0.39 is 0 Å². The fourth-order valence-electron chi connectivity index (χ4n) is 3.72. The molecule has 0 bridgehead atoms. The van der Waals surface area contributed by atoms with Crippen molar-refractivity contribution in [2.45, 2.75) is 46.1 Å². The summed E-state index contributed by atoms with van der Waals surface area (Å²) in [6, 6.07) is 1.63. The maximum absolute atomic E-state index is 12.8. The molecule has 0 spiro atoms. The molecule has 0 saturated heterocycles. The topological polar surface area (TPSA) is 95.1 Å². The molecule has 2 aromatic heterocycles. The summed E-state index contributed by atoms with van der Waals surface area (Å²) in [6.45, 7) is 5.43. The molecule has 1 saturated carbocycles. The Kier molecular flexibility index (Phi) is 6.44. The van der Waals surface area contributed by atoms with Crippen LogP contribution in [-0.4, -0.2) is 34.3 Å². The maximum Gasteiger partial charge on any atom is 0.273 e. The van der Waals surface area contributed by atoms with Crippen molar-refractivity contribution in [2.24, 2.45) is 11.8 Å². The number of anilines is 1. The third-order valence-corrected chi connectivity index (χ3v) is 5.82. The predicted octanol–water partition coefficient (Wildman–Crippen LogP) is 3.77. The number of nitrogens with two attached hydrogens (primary N) is 1. The van der Waals surface area contributed by atoms with Gasteiger partial charge in [-0.3, -0.25) is 9.48 Å². The van der Waals surface area contributed by atoms with Crippen molar-refractivity contribution in [2.75, 3.05) is 19.4 Å². The van der Waals surface area contributed by atoms with Crippen LogP contribution in [0.5, 0.6) is 5.75 Å². The molecule has 3 N–H and O–H groups in total. The van der Waals surface area contributed by atoms with Crippen LogP contribution in [0.25, 0.3) is 11.3 Å². The van der Waals surface area contributed by atoms with Crippen molar-refractivity contribution in [3.8, 4) is 17.0 Å². The summed E-state index contributed by atoms with van der Waals surface area (Å²) in [5.74, 6) is 1.94. The molecule has 1 amide bonds.